The van der Waals surface area contributed by atoms with E-state index in [0.717, 1.165) is 5.56 Å². The van der Waals surface area contributed by atoms with Crippen LogP contribution in [0.15, 0.2) is 18.3 Å². The van der Waals surface area contributed by atoms with Gasteiger partial charge in [0.1, 0.15) is 5.15 Å². The Kier molecular flexibility index (Phi) is 3.85. The molecule has 0 spiro atoms. The number of carbonyl (C=O) groups is 1. The van der Waals surface area contributed by atoms with Crippen molar-refractivity contribution in [2.75, 3.05) is 0 Å². The van der Waals surface area contributed by atoms with Crippen LogP contribution in [0.25, 0.3) is 0 Å². The molecule has 1 heterocycles. The van der Waals surface area contributed by atoms with E-state index in [-0.39, 0.29) is 5.91 Å². The summed E-state index contributed by atoms with van der Waals surface area (Å²) in [6.07, 6.45) is 1.61. The second kappa shape index (κ2) is 4.93. The van der Waals surface area contributed by atoms with Gasteiger partial charge in [-0.15, -0.1) is 0 Å². The molecule has 1 amide bonds. The van der Waals surface area contributed by atoms with E-state index in [2.05, 4.69) is 10.3 Å². The van der Waals surface area contributed by atoms with Crippen LogP contribution in [0.5, 0.6) is 0 Å². The van der Waals surface area contributed by atoms with Crippen LogP contribution in [0.2, 0.25) is 5.15 Å². The molecule has 4 nitrogen and oxygen atoms in total. The molecule has 0 fully saturated rings. The Labute approximate surface area is 87.5 Å². The second-order valence-electron chi connectivity index (χ2n) is 3.00. The molecule has 1 rings (SSSR count). The quantitative estimate of drug-likeness (QED) is 0.727. The van der Waals surface area contributed by atoms with Gasteiger partial charge in [0, 0.05) is 12.7 Å². The Morgan fingerprint density at radius 3 is 2.93 bits per heavy atom. The Bertz CT molecular complexity index is 310. The van der Waals surface area contributed by atoms with Gasteiger partial charge in [-0.25, -0.2) is 4.98 Å². The van der Waals surface area contributed by atoms with Gasteiger partial charge in [0.25, 0.3) is 0 Å². The second-order valence-corrected chi connectivity index (χ2v) is 3.38. The molecule has 1 unspecified atom stereocenters. The first-order valence-electron chi connectivity index (χ1n) is 4.23. The molecular formula is C9H12ClN3O. The zero-order chi connectivity index (χ0) is 10.6. The Morgan fingerprint density at radius 2 is 2.43 bits per heavy atom. The minimum Gasteiger partial charge on any atom is -0.351 e. The van der Waals surface area contributed by atoms with Crippen molar-refractivity contribution in [3.63, 3.8) is 0 Å². The van der Waals surface area contributed by atoms with Crippen LogP contribution in [-0.4, -0.2) is 16.9 Å². The van der Waals surface area contributed by atoms with E-state index >= 15 is 0 Å². The number of nitrogens with two attached hydrogens (primary N) is 1. The first-order chi connectivity index (χ1) is 6.59. The molecule has 0 bridgehead atoms. The van der Waals surface area contributed by atoms with Crippen LogP contribution >= 0.6 is 11.6 Å². The van der Waals surface area contributed by atoms with Crippen molar-refractivity contribution >= 4 is 17.5 Å². The van der Waals surface area contributed by atoms with Crippen molar-refractivity contribution in [2.45, 2.75) is 19.5 Å². The largest absolute Gasteiger partial charge is 0.351 e. The van der Waals surface area contributed by atoms with E-state index < -0.39 is 6.04 Å². The van der Waals surface area contributed by atoms with Crippen LogP contribution in [0.1, 0.15) is 12.5 Å². The molecular weight excluding hydrogens is 202 g/mol. The first kappa shape index (κ1) is 10.9. The Hall–Kier alpha value is -1.13. The van der Waals surface area contributed by atoms with Gasteiger partial charge in [-0.1, -0.05) is 17.7 Å². The number of nitrogens with one attached hydrogen (secondary N) is 1. The van der Waals surface area contributed by atoms with Crippen LogP contribution in [0.3, 0.4) is 0 Å². The molecule has 0 aliphatic heterocycles. The maximum atomic E-state index is 11.1. The standard InChI is InChI=1S/C9H12ClN3O/c1-6(11)9(14)13-5-7-2-3-8(10)12-4-7/h2-4,6H,5,11H2,1H3,(H,13,14). The zero-order valence-electron chi connectivity index (χ0n) is 7.83. The third kappa shape index (κ3) is 3.32. The van der Waals surface area contributed by atoms with Gasteiger partial charge in [0.05, 0.1) is 6.04 Å². The average Bonchev–Trinajstić information content (AvgIpc) is 2.16. The molecule has 0 saturated carbocycles. The van der Waals surface area contributed by atoms with E-state index in [9.17, 15) is 4.79 Å². The van der Waals surface area contributed by atoms with Gasteiger partial charge in [-0.2, -0.15) is 0 Å². The lowest BCUT2D eigenvalue weighted by molar-refractivity contribution is -0.122. The fourth-order valence-electron chi connectivity index (χ4n) is 0.861. The first-order valence-corrected chi connectivity index (χ1v) is 4.61. The molecule has 1 aromatic rings. The molecule has 0 radical (unpaired) electrons. The van der Waals surface area contributed by atoms with Gasteiger partial charge >= 0.3 is 0 Å². The Balaban J connectivity index is 2.46. The third-order valence-corrected chi connectivity index (χ3v) is 1.89. The van der Waals surface area contributed by atoms with E-state index in [1.165, 1.54) is 0 Å². The monoisotopic (exact) mass is 213 g/mol. The topological polar surface area (TPSA) is 68.0 Å². The molecule has 0 aromatic carbocycles. The summed E-state index contributed by atoms with van der Waals surface area (Å²) in [7, 11) is 0. The highest BCUT2D eigenvalue weighted by Crippen LogP contribution is 2.04. The molecule has 0 aliphatic rings. The minimum atomic E-state index is -0.491. The van der Waals surface area contributed by atoms with Gasteiger partial charge in [-0.3, -0.25) is 4.79 Å². The summed E-state index contributed by atoms with van der Waals surface area (Å²) in [6, 6.07) is 2.99. The van der Waals surface area contributed by atoms with E-state index in [1.807, 2.05) is 0 Å². The highest BCUT2D eigenvalue weighted by molar-refractivity contribution is 6.29. The predicted octanol–water partition coefficient (Wildman–Crippen LogP) is 0.698. The lowest BCUT2D eigenvalue weighted by atomic mass is 10.2. The summed E-state index contributed by atoms with van der Waals surface area (Å²) in [6.45, 7) is 2.06. The van der Waals surface area contributed by atoms with E-state index in [0.29, 0.717) is 11.7 Å². The maximum Gasteiger partial charge on any atom is 0.236 e. The van der Waals surface area contributed by atoms with Gasteiger partial charge < -0.3 is 11.1 Å². The molecule has 14 heavy (non-hydrogen) atoms. The van der Waals surface area contributed by atoms with Gasteiger partial charge in [0.15, 0.2) is 0 Å². The summed E-state index contributed by atoms with van der Waals surface area (Å²) in [5, 5.41) is 3.11. The van der Waals surface area contributed by atoms with Crippen molar-refractivity contribution < 1.29 is 4.79 Å². The number of nitrogens with zero attached hydrogens (tertiary/aromatic N) is 1. The number of carbonyl (C=O) groups excluding carboxylic acids is 1. The molecule has 5 heteroatoms. The number of halogens is 1. The van der Waals surface area contributed by atoms with Crippen LogP contribution < -0.4 is 11.1 Å². The summed E-state index contributed by atoms with van der Waals surface area (Å²) in [4.78, 5) is 15.0. The highest BCUT2D eigenvalue weighted by Gasteiger charge is 2.05. The van der Waals surface area contributed by atoms with Gasteiger partial charge in [0.2, 0.25) is 5.91 Å². The SMILES string of the molecule is CC(N)C(=O)NCc1ccc(Cl)nc1. The average molecular weight is 214 g/mol. The summed E-state index contributed by atoms with van der Waals surface area (Å²) in [5.41, 5.74) is 6.27. The number of aromatic nitrogens is 1. The van der Waals surface area contributed by atoms with Crippen molar-refractivity contribution in [3.05, 3.63) is 29.0 Å². The highest BCUT2D eigenvalue weighted by atomic mass is 35.5. The fraction of sp³-hybridized carbons (Fsp3) is 0.333. The molecule has 0 saturated heterocycles. The van der Waals surface area contributed by atoms with Crippen LogP contribution in [0, 0.1) is 0 Å². The summed E-state index contributed by atoms with van der Waals surface area (Å²) in [5.74, 6) is -0.181. The maximum absolute atomic E-state index is 11.1. The third-order valence-electron chi connectivity index (χ3n) is 1.67. The molecule has 1 aromatic heterocycles. The van der Waals surface area contributed by atoms with Crippen molar-refractivity contribution in [3.8, 4) is 0 Å². The number of pyridine rings is 1. The number of rotatable bonds is 3. The number of hydrogen-bond donors (Lipinski definition) is 2. The van der Waals surface area contributed by atoms with Crippen molar-refractivity contribution in [2.24, 2.45) is 5.73 Å². The smallest absolute Gasteiger partial charge is 0.236 e. The number of amides is 1. The van der Waals surface area contributed by atoms with Crippen molar-refractivity contribution in [1.82, 2.24) is 10.3 Å². The molecule has 0 aliphatic carbocycles. The normalized spacial score (nSPS) is 12.2. The van der Waals surface area contributed by atoms with Crippen molar-refractivity contribution in [1.29, 1.82) is 0 Å². The molecule has 3 N–H and O–H groups in total. The summed E-state index contributed by atoms with van der Waals surface area (Å²) < 4.78 is 0. The fourth-order valence-corrected chi connectivity index (χ4v) is 0.973. The predicted molar refractivity (Wildman–Crippen MR) is 54.7 cm³/mol. The zero-order valence-corrected chi connectivity index (χ0v) is 8.58. The van der Waals surface area contributed by atoms with Gasteiger partial charge in [-0.05, 0) is 18.6 Å². The lowest BCUT2D eigenvalue weighted by Crippen LogP contribution is -2.37. The molecule has 76 valence electrons. The van der Waals surface area contributed by atoms with Crippen LogP contribution in [-0.2, 0) is 11.3 Å². The number of hydrogen-bond acceptors (Lipinski definition) is 3. The summed E-state index contributed by atoms with van der Waals surface area (Å²) >= 11 is 5.61. The Morgan fingerprint density at radius 1 is 1.71 bits per heavy atom. The minimum absolute atomic E-state index is 0.181. The van der Waals surface area contributed by atoms with Crippen LogP contribution in [0.4, 0.5) is 0 Å². The van der Waals surface area contributed by atoms with E-state index in [1.54, 1.807) is 25.3 Å². The molecule has 1 atom stereocenters. The lowest BCUT2D eigenvalue weighted by Gasteiger charge is -2.07. The van der Waals surface area contributed by atoms with E-state index in [4.69, 9.17) is 17.3 Å².